The standard InChI is InChI=1S/C44H54F2N14O6/c45-31-19-27-33(59(25-5-6-25)23-29(37(27)61)39(63)64)21-35(31)55-11-15-57(16-12-55)43(49)53-41(47)51-9-3-1-2-4-10-52-42(48)54-44(50)58-17-13-56(14-18-58)36-22-34-28(20-32(36)46)38(62)30(40(65)66)24-60(34)26-7-8-26/h19-26H,1-18H2,(H,63,64)(H,65,66)(H4,47,49,51,53)(H4,48,50,52,54). The summed E-state index contributed by atoms with van der Waals surface area (Å²) in [7, 11) is 0. The maximum absolute atomic E-state index is 15.4. The van der Waals surface area contributed by atoms with Gasteiger partial charge in [-0.15, -0.1) is 0 Å². The molecule has 0 radical (unpaired) electrons. The van der Waals surface area contributed by atoms with Gasteiger partial charge in [0.05, 0.1) is 22.4 Å². The molecule has 0 unspecified atom stereocenters. The molecule has 2 aromatic heterocycles. The number of aromatic carboxylic acids is 2. The second-order valence-corrected chi connectivity index (χ2v) is 17.1. The number of rotatable bonds is 13. The first kappa shape index (κ1) is 45.3. The lowest BCUT2D eigenvalue weighted by Crippen LogP contribution is -2.51. The molecular formula is C44H54F2N14O6. The van der Waals surface area contributed by atoms with Gasteiger partial charge in [0.2, 0.25) is 22.8 Å². The summed E-state index contributed by atoms with van der Waals surface area (Å²) in [6, 6.07) is 5.69. The van der Waals surface area contributed by atoms with Gasteiger partial charge in [-0.3, -0.25) is 19.6 Å². The number of aliphatic imine (C=N–C) groups is 4. The van der Waals surface area contributed by atoms with Gasteiger partial charge in [-0.1, -0.05) is 12.8 Å². The van der Waals surface area contributed by atoms with Gasteiger partial charge in [0.15, 0.2) is 11.9 Å². The minimum Gasteiger partial charge on any atom is -0.477 e. The molecule has 2 aromatic carbocycles. The number of carbonyl (C=O) groups is 2. The molecule has 2 aliphatic carbocycles. The lowest BCUT2D eigenvalue weighted by atomic mass is 10.1. The van der Waals surface area contributed by atoms with Crippen molar-refractivity contribution in [3.05, 3.63) is 79.9 Å². The number of nitrogens with zero attached hydrogens (tertiary/aromatic N) is 10. The summed E-state index contributed by atoms with van der Waals surface area (Å²) in [5.74, 6) is -3.34. The largest absolute Gasteiger partial charge is 0.477 e. The molecular weight excluding hydrogens is 859 g/mol. The van der Waals surface area contributed by atoms with E-state index in [9.17, 15) is 29.4 Å². The molecule has 350 valence electrons. The molecule has 4 aromatic rings. The van der Waals surface area contributed by atoms with Crippen LogP contribution in [0.3, 0.4) is 0 Å². The van der Waals surface area contributed by atoms with E-state index in [1.807, 2.05) is 19.6 Å². The number of aromatic nitrogens is 2. The summed E-state index contributed by atoms with van der Waals surface area (Å²) in [5.41, 5.74) is 24.2. The number of hydrogen-bond donors (Lipinski definition) is 6. The van der Waals surface area contributed by atoms with Crippen molar-refractivity contribution in [3.63, 3.8) is 0 Å². The van der Waals surface area contributed by atoms with E-state index in [1.54, 1.807) is 21.3 Å². The van der Waals surface area contributed by atoms with Gasteiger partial charge < -0.3 is 61.9 Å². The first-order valence-corrected chi connectivity index (χ1v) is 22.2. The van der Waals surface area contributed by atoms with Crippen LogP contribution in [0, 0.1) is 11.6 Å². The molecule has 20 nitrogen and oxygen atoms in total. The van der Waals surface area contributed by atoms with Crippen molar-refractivity contribution >= 4 is 69.0 Å². The Bertz CT molecular complexity index is 2610. The Morgan fingerprint density at radius 2 is 0.939 bits per heavy atom. The number of nitrogens with two attached hydrogens (primary N) is 4. The van der Waals surface area contributed by atoms with Crippen LogP contribution in [-0.2, 0) is 0 Å². The fraction of sp³-hybridized carbons (Fsp3) is 0.455. The normalized spacial score (nSPS) is 17.9. The lowest BCUT2D eigenvalue weighted by Gasteiger charge is -2.36. The average molecular weight is 913 g/mol. The first-order chi connectivity index (χ1) is 31.7. The molecule has 8 rings (SSSR count). The Labute approximate surface area is 377 Å². The minimum atomic E-state index is -1.34. The molecule has 22 heteroatoms. The zero-order valence-corrected chi connectivity index (χ0v) is 36.4. The molecule has 0 atom stereocenters. The molecule has 0 amide bonds. The van der Waals surface area contributed by atoms with Crippen molar-refractivity contribution in [2.24, 2.45) is 42.9 Å². The summed E-state index contributed by atoms with van der Waals surface area (Å²) in [6.45, 7) is 4.39. The van der Waals surface area contributed by atoms with Crippen LogP contribution < -0.4 is 43.6 Å². The number of guanidine groups is 4. The predicted octanol–water partition coefficient (Wildman–Crippen LogP) is 2.42. The highest BCUT2D eigenvalue weighted by molar-refractivity contribution is 5.96. The van der Waals surface area contributed by atoms with Crippen LogP contribution in [0.4, 0.5) is 20.2 Å². The Hall–Kier alpha value is -7.26. The molecule has 4 fully saturated rings. The van der Waals surface area contributed by atoms with Crippen LogP contribution in [0.25, 0.3) is 21.8 Å². The van der Waals surface area contributed by atoms with Crippen LogP contribution in [0.15, 0.2) is 66.2 Å². The third-order valence-corrected chi connectivity index (χ3v) is 12.5. The van der Waals surface area contributed by atoms with E-state index < -0.39 is 34.4 Å². The third-order valence-electron chi connectivity index (χ3n) is 12.5. The molecule has 4 heterocycles. The van der Waals surface area contributed by atoms with Crippen LogP contribution in [0.2, 0.25) is 0 Å². The maximum Gasteiger partial charge on any atom is 0.341 e. The number of fused-ring (bicyclic) bond motifs is 2. The van der Waals surface area contributed by atoms with Gasteiger partial charge in [-0.2, -0.15) is 9.98 Å². The van der Waals surface area contributed by atoms with Crippen molar-refractivity contribution < 1.29 is 28.6 Å². The summed E-state index contributed by atoms with van der Waals surface area (Å²) in [5, 5.41) is 19.2. The number of halogens is 2. The third kappa shape index (κ3) is 9.86. The topological polar surface area (TPSA) is 285 Å². The summed E-state index contributed by atoms with van der Waals surface area (Å²) in [6.07, 6.45) is 9.43. The van der Waals surface area contributed by atoms with Gasteiger partial charge in [-0.25, -0.2) is 18.4 Å². The lowest BCUT2D eigenvalue weighted by molar-refractivity contribution is 0.0684. The second-order valence-electron chi connectivity index (χ2n) is 17.1. The van der Waals surface area contributed by atoms with Gasteiger partial charge >= 0.3 is 11.9 Å². The number of benzene rings is 2. The SMILES string of the molecule is NC(=NCCCCCCN=C(N)/N=C(\N)N1CCN(c2cc3c(cc2F)c(=O)c(C(=O)O)cn3C2CC2)CC1)/N=C(\N)N1CCN(c2cc3c(cc2F)c(=O)c(C(=O)O)cn3C2CC2)CC1. The van der Waals surface area contributed by atoms with E-state index in [0.29, 0.717) is 87.9 Å². The number of pyridine rings is 2. The van der Waals surface area contributed by atoms with E-state index in [2.05, 4.69) is 20.0 Å². The molecule has 2 aliphatic heterocycles. The van der Waals surface area contributed by atoms with Crippen molar-refractivity contribution in [2.45, 2.75) is 63.5 Å². The van der Waals surface area contributed by atoms with Gasteiger partial charge in [0.1, 0.15) is 22.8 Å². The van der Waals surface area contributed by atoms with Crippen LogP contribution in [0.1, 0.15) is 84.2 Å². The zero-order chi connectivity index (χ0) is 46.8. The van der Waals surface area contributed by atoms with E-state index in [-0.39, 0.29) is 57.8 Å². The minimum absolute atomic E-state index is 0.0488. The molecule has 0 spiro atoms. The molecule has 4 aliphatic rings. The van der Waals surface area contributed by atoms with Crippen molar-refractivity contribution in [1.82, 2.24) is 18.9 Å². The molecule has 2 saturated heterocycles. The van der Waals surface area contributed by atoms with Gasteiger partial charge in [0.25, 0.3) is 0 Å². The van der Waals surface area contributed by atoms with Crippen molar-refractivity contribution in [2.75, 3.05) is 75.2 Å². The molecule has 0 bridgehead atoms. The van der Waals surface area contributed by atoms with Crippen LogP contribution >= 0.6 is 0 Å². The number of hydrogen-bond acceptors (Lipinski definition) is 8. The highest BCUT2D eigenvalue weighted by Crippen LogP contribution is 2.39. The Balaban J connectivity index is 0.749. The van der Waals surface area contributed by atoms with E-state index in [1.165, 1.54) is 12.4 Å². The van der Waals surface area contributed by atoms with Crippen molar-refractivity contribution in [3.8, 4) is 0 Å². The predicted molar refractivity (Wildman–Crippen MR) is 249 cm³/mol. The number of piperazine rings is 2. The molecule has 66 heavy (non-hydrogen) atoms. The van der Waals surface area contributed by atoms with E-state index in [4.69, 9.17) is 22.9 Å². The number of carboxylic acid groups (broad SMARTS) is 2. The van der Waals surface area contributed by atoms with Gasteiger partial charge in [0, 0.05) is 101 Å². The quantitative estimate of drug-likeness (QED) is 0.0639. The summed E-state index contributed by atoms with van der Waals surface area (Å²) in [4.78, 5) is 73.7. The first-order valence-electron chi connectivity index (χ1n) is 22.2. The Kier molecular flexibility index (Phi) is 13.1. The van der Waals surface area contributed by atoms with Gasteiger partial charge in [-0.05, 0) is 62.8 Å². The van der Waals surface area contributed by atoms with E-state index >= 15 is 8.78 Å². The van der Waals surface area contributed by atoms with E-state index in [0.717, 1.165) is 63.5 Å². The van der Waals surface area contributed by atoms with Crippen LogP contribution in [0.5, 0.6) is 0 Å². The fourth-order valence-electron chi connectivity index (χ4n) is 8.58. The monoisotopic (exact) mass is 912 g/mol. The number of unbranched alkanes of at least 4 members (excludes halogenated alkanes) is 3. The Morgan fingerprint density at radius 3 is 1.27 bits per heavy atom. The molecule has 2 saturated carbocycles. The zero-order valence-electron chi connectivity index (χ0n) is 36.4. The highest BCUT2D eigenvalue weighted by Gasteiger charge is 2.31. The second kappa shape index (κ2) is 19.1. The summed E-state index contributed by atoms with van der Waals surface area (Å²) >= 11 is 0. The van der Waals surface area contributed by atoms with Crippen molar-refractivity contribution in [1.29, 1.82) is 0 Å². The summed E-state index contributed by atoms with van der Waals surface area (Å²) < 4.78 is 34.4. The highest BCUT2D eigenvalue weighted by atomic mass is 19.1. The molecule has 10 N–H and O–H groups in total. The fourth-order valence-corrected chi connectivity index (χ4v) is 8.58. The Morgan fingerprint density at radius 1 is 0.576 bits per heavy atom. The number of anilines is 2. The maximum atomic E-state index is 15.4. The smallest absolute Gasteiger partial charge is 0.341 e. The van der Waals surface area contributed by atoms with Crippen LogP contribution in [-0.4, -0.2) is 130 Å². The average Bonchev–Trinajstić information content (AvgIpc) is 4.23. The number of carboxylic acids is 2.